The van der Waals surface area contributed by atoms with Crippen LogP contribution in [0.5, 0.6) is 0 Å². The first kappa shape index (κ1) is 16.9. The maximum Gasteiger partial charge on any atom is 0.324 e. The molecule has 4 nitrogen and oxygen atoms in total. The second-order valence-electron chi connectivity index (χ2n) is 5.65. The van der Waals surface area contributed by atoms with Crippen LogP contribution >= 0.6 is 0 Å². The summed E-state index contributed by atoms with van der Waals surface area (Å²) in [6.07, 6.45) is 0.735. The summed E-state index contributed by atoms with van der Waals surface area (Å²) in [7, 11) is 0. The monoisotopic (exact) mass is 258 g/mol. The quantitative estimate of drug-likeness (QED) is 0.563. The first-order valence-corrected chi connectivity index (χ1v) is 6.62. The fourth-order valence-corrected chi connectivity index (χ4v) is 1.99. The van der Waals surface area contributed by atoms with Gasteiger partial charge in [0.05, 0.1) is 6.10 Å². The standard InChI is InChI=1S/C14H26O4/c1-7-11(6)18-13(17)14(10(4)5,12(15)16)8-9(2)3/h9-11H,7-8H2,1-6H3,(H,15,16). The molecule has 0 radical (unpaired) electrons. The number of carbonyl (C=O) groups is 2. The van der Waals surface area contributed by atoms with Crippen molar-refractivity contribution in [3.63, 3.8) is 0 Å². The molecule has 2 unspecified atom stereocenters. The Morgan fingerprint density at radius 1 is 1.17 bits per heavy atom. The number of esters is 1. The number of ether oxygens (including phenoxy) is 1. The van der Waals surface area contributed by atoms with E-state index in [1.54, 1.807) is 20.8 Å². The minimum Gasteiger partial charge on any atom is -0.480 e. The summed E-state index contributed by atoms with van der Waals surface area (Å²) < 4.78 is 5.27. The van der Waals surface area contributed by atoms with Crippen LogP contribution in [0, 0.1) is 17.3 Å². The van der Waals surface area contributed by atoms with Gasteiger partial charge in [-0.1, -0.05) is 34.6 Å². The molecule has 0 saturated heterocycles. The summed E-state index contributed by atoms with van der Waals surface area (Å²) in [6, 6.07) is 0. The van der Waals surface area contributed by atoms with Crippen LogP contribution in [0.4, 0.5) is 0 Å². The van der Waals surface area contributed by atoms with Crippen molar-refractivity contribution in [2.45, 2.75) is 60.5 Å². The molecule has 0 amide bonds. The molecule has 0 spiro atoms. The number of carbonyl (C=O) groups excluding carboxylic acids is 1. The SMILES string of the molecule is CCC(C)OC(=O)C(CC(C)C)(C(=O)O)C(C)C. The van der Waals surface area contributed by atoms with Crippen LogP contribution in [0.15, 0.2) is 0 Å². The van der Waals surface area contributed by atoms with Crippen molar-refractivity contribution in [1.82, 2.24) is 0 Å². The number of carboxylic acids is 1. The van der Waals surface area contributed by atoms with E-state index in [0.29, 0.717) is 12.8 Å². The van der Waals surface area contributed by atoms with E-state index < -0.39 is 17.4 Å². The van der Waals surface area contributed by atoms with Crippen LogP contribution in [0.2, 0.25) is 0 Å². The fraction of sp³-hybridized carbons (Fsp3) is 0.857. The zero-order chi connectivity index (χ0) is 14.5. The van der Waals surface area contributed by atoms with Crippen molar-refractivity contribution >= 4 is 11.9 Å². The van der Waals surface area contributed by atoms with Gasteiger partial charge in [-0.05, 0) is 31.6 Å². The van der Waals surface area contributed by atoms with Gasteiger partial charge in [0.1, 0.15) is 0 Å². The average molecular weight is 258 g/mol. The first-order valence-electron chi connectivity index (χ1n) is 6.62. The Labute approximate surface area is 110 Å². The predicted molar refractivity (Wildman–Crippen MR) is 70.2 cm³/mol. The molecular weight excluding hydrogens is 232 g/mol. The lowest BCUT2D eigenvalue weighted by atomic mass is 9.71. The first-order chi connectivity index (χ1) is 8.18. The molecule has 106 valence electrons. The van der Waals surface area contributed by atoms with Gasteiger partial charge < -0.3 is 9.84 Å². The van der Waals surface area contributed by atoms with E-state index >= 15 is 0 Å². The number of aliphatic carboxylic acids is 1. The molecule has 1 N–H and O–H groups in total. The van der Waals surface area contributed by atoms with Gasteiger partial charge in [0, 0.05) is 0 Å². The normalized spacial score (nSPS) is 16.4. The second kappa shape index (κ2) is 6.76. The number of hydrogen-bond donors (Lipinski definition) is 1. The van der Waals surface area contributed by atoms with Crippen LogP contribution in [0.1, 0.15) is 54.4 Å². The summed E-state index contributed by atoms with van der Waals surface area (Å²) in [5, 5.41) is 9.50. The highest BCUT2D eigenvalue weighted by Crippen LogP contribution is 2.37. The Hall–Kier alpha value is -1.06. The third-order valence-electron chi connectivity index (χ3n) is 3.34. The summed E-state index contributed by atoms with van der Waals surface area (Å²) in [5.41, 5.74) is -1.43. The fourth-order valence-electron chi connectivity index (χ4n) is 1.99. The Bertz CT molecular complexity index is 296. The summed E-state index contributed by atoms with van der Waals surface area (Å²) in [4.78, 5) is 23.9. The summed E-state index contributed by atoms with van der Waals surface area (Å²) in [5.74, 6) is -1.87. The van der Waals surface area contributed by atoms with Crippen molar-refractivity contribution < 1.29 is 19.4 Å². The zero-order valence-corrected chi connectivity index (χ0v) is 12.3. The Morgan fingerprint density at radius 3 is 1.94 bits per heavy atom. The van der Waals surface area contributed by atoms with Crippen LogP contribution in [-0.2, 0) is 14.3 Å². The van der Waals surface area contributed by atoms with Crippen molar-refractivity contribution in [3.05, 3.63) is 0 Å². The van der Waals surface area contributed by atoms with Gasteiger partial charge in [0.2, 0.25) is 0 Å². The van der Waals surface area contributed by atoms with Crippen LogP contribution < -0.4 is 0 Å². The molecule has 0 saturated carbocycles. The molecule has 0 aromatic carbocycles. The average Bonchev–Trinajstić information content (AvgIpc) is 2.23. The predicted octanol–water partition coefficient (Wildman–Crippen LogP) is 3.10. The summed E-state index contributed by atoms with van der Waals surface area (Å²) in [6.45, 7) is 11.0. The number of rotatable bonds is 7. The van der Waals surface area contributed by atoms with Gasteiger partial charge in [-0.3, -0.25) is 9.59 Å². The maximum atomic E-state index is 12.2. The molecule has 0 fully saturated rings. The van der Waals surface area contributed by atoms with Crippen molar-refractivity contribution in [2.24, 2.45) is 17.3 Å². The Morgan fingerprint density at radius 2 is 1.67 bits per heavy atom. The van der Waals surface area contributed by atoms with Crippen molar-refractivity contribution in [1.29, 1.82) is 0 Å². The van der Waals surface area contributed by atoms with E-state index in [1.165, 1.54) is 0 Å². The molecule has 0 rings (SSSR count). The van der Waals surface area contributed by atoms with Gasteiger partial charge in [-0.15, -0.1) is 0 Å². The van der Waals surface area contributed by atoms with Crippen LogP contribution in [0.25, 0.3) is 0 Å². The molecule has 2 atom stereocenters. The van der Waals surface area contributed by atoms with E-state index in [4.69, 9.17) is 4.74 Å². The third kappa shape index (κ3) is 3.72. The number of hydrogen-bond acceptors (Lipinski definition) is 3. The molecule has 0 heterocycles. The minimum atomic E-state index is -1.43. The molecular formula is C14H26O4. The van der Waals surface area contributed by atoms with Gasteiger partial charge in [-0.2, -0.15) is 0 Å². The van der Waals surface area contributed by atoms with E-state index in [0.717, 1.165) is 0 Å². The van der Waals surface area contributed by atoms with E-state index in [2.05, 4.69) is 0 Å². The Kier molecular flexibility index (Phi) is 6.36. The second-order valence-corrected chi connectivity index (χ2v) is 5.65. The van der Waals surface area contributed by atoms with Crippen molar-refractivity contribution in [2.75, 3.05) is 0 Å². The third-order valence-corrected chi connectivity index (χ3v) is 3.34. The number of carboxylic acid groups (broad SMARTS) is 1. The molecule has 4 heteroatoms. The maximum absolute atomic E-state index is 12.2. The van der Waals surface area contributed by atoms with Gasteiger partial charge in [-0.25, -0.2) is 0 Å². The highest BCUT2D eigenvalue weighted by atomic mass is 16.5. The van der Waals surface area contributed by atoms with Gasteiger partial charge >= 0.3 is 11.9 Å². The molecule has 0 bridgehead atoms. The molecule has 0 aliphatic heterocycles. The molecule has 0 aliphatic rings. The van der Waals surface area contributed by atoms with Gasteiger partial charge in [0.25, 0.3) is 0 Å². The molecule has 0 aromatic rings. The van der Waals surface area contributed by atoms with Crippen LogP contribution in [0.3, 0.4) is 0 Å². The Balaban J connectivity index is 5.29. The lowest BCUT2D eigenvalue weighted by Gasteiger charge is -2.33. The lowest BCUT2D eigenvalue weighted by molar-refractivity contribution is -0.177. The van der Waals surface area contributed by atoms with E-state index in [9.17, 15) is 14.7 Å². The molecule has 0 aliphatic carbocycles. The van der Waals surface area contributed by atoms with Crippen LogP contribution in [-0.4, -0.2) is 23.1 Å². The highest BCUT2D eigenvalue weighted by molar-refractivity contribution is 5.99. The minimum absolute atomic E-state index is 0.119. The highest BCUT2D eigenvalue weighted by Gasteiger charge is 2.51. The molecule has 18 heavy (non-hydrogen) atoms. The smallest absolute Gasteiger partial charge is 0.324 e. The van der Waals surface area contributed by atoms with Gasteiger partial charge in [0.15, 0.2) is 5.41 Å². The van der Waals surface area contributed by atoms with Crippen molar-refractivity contribution in [3.8, 4) is 0 Å². The largest absolute Gasteiger partial charge is 0.480 e. The topological polar surface area (TPSA) is 63.6 Å². The lowest BCUT2D eigenvalue weighted by Crippen LogP contribution is -2.47. The van der Waals surface area contributed by atoms with E-state index in [-0.39, 0.29) is 17.9 Å². The molecule has 0 aromatic heterocycles. The summed E-state index contributed by atoms with van der Waals surface area (Å²) >= 11 is 0. The zero-order valence-electron chi connectivity index (χ0n) is 12.3. The van der Waals surface area contributed by atoms with E-state index in [1.807, 2.05) is 20.8 Å².